The van der Waals surface area contributed by atoms with E-state index < -0.39 is 5.82 Å². The summed E-state index contributed by atoms with van der Waals surface area (Å²) in [5.74, 6) is 0.00791. The zero-order valence-corrected chi connectivity index (χ0v) is 21.3. The molecule has 0 spiro atoms. The van der Waals surface area contributed by atoms with E-state index in [1.54, 1.807) is 48.9 Å². The SMILES string of the molecule is C/C=C(\C)N(C1=CCNCC1)c1c(N)cnc2cc(F)c(-c3ccc(Oc4ncccn4)cc3Cl)cc12. The van der Waals surface area contributed by atoms with Gasteiger partial charge in [-0.3, -0.25) is 4.98 Å². The summed E-state index contributed by atoms with van der Waals surface area (Å²) in [6.07, 6.45) is 9.77. The molecule has 2 aromatic carbocycles. The van der Waals surface area contributed by atoms with Crippen molar-refractivity contribution in [1.82, 2.24) is 20.3 Å². The van der Waals surface area contributed by atoms with Crippen LogP contribution in [-0.2, 0) is 0 Å². The molecule has 0 amide bonds. The second kappa shape index (κ2) is 10.5. The molecule has 0 bridgehead atoms. The van der Waals surface area contributed by atoms with Crippen molar-refractivity contribution >= 4 is 33.9 Å². The van der Waals surface area contributed by atoms with Gasteiger partial charge < -0.3 is 20.7 Å². The summed E-state index contributed by atoms with van der Waals surface area (Å²) in [6.45, 7) is 5.65. The number of allylic oxidation sites excluding steroid dienone is 2. The van der Waals surface area contributed by atoms with E-state index in [2.05, 4.69) is 31.2 Å². The van der Waals surface area contributed by atoms with Gasteiger partial charge in [0.1, 0.15) is 11.6 Å². The summed E-state index contributed by atoms with van der Waals surface area (Å²) in [5.41, 5.74) is 11.3. The van der Waals surface area contributed by atoms with Crippen LogP contribution in [0.25, 0.3) is 22.0 Å². The maximum atomic E-state index is 15.4. The van der Waals surface area contributed by atoms with Gasteiger partial charge >= 0.3 is 6.01 Å². The molecule has 0 atom stereocenters. The fraction of sp³-hybridized carbons (Fsp3) is 0.179. The maximum absolute atomic E-state index is 15.4. The number of aromatic nitrogens is 3. The molecule has 0 fully saturated rings. The van der Waals surface area contributed by atoms with Crippen LogP contribution in [0.3, 0.4) is 0 Å². The van der Waals surface area contributed by atoms with Crippen LogP contribution < -0.4 is 20.7 Å². The number of rotatable bonds is 6. The fourth-order valence-corrected chi connectivity index (χ4v) is 4.65. The highest BCUT2D eigenvalue weighted by Crippen LogP contribution is 2.41. The smallest absolute Gasteiger partial charge is 0.321 e. The summed E-state index contributed by atoms with van der Waals surface area (Å²) < 4.78 is 21.1. The second-order valence-corrected chi connectivity index (χ2v) is 9.01. The molecule has 2 aromatic heterocycles. The minimum Gasteiger partial charge on any atom is -0.424 e. The van der Waals surface area contributed by atoms with Gasteiger partial charge in [0.05, 0.1) is 28.1 Å². The molecule has 5 rings (SSSR count). The van der Waals surface area contributed by atoms with E-state index in [1.165, 1.54) is 6.07 Å². The summed E-state index contributed by atoms with van der Waals surface area (Å²) >= 11 is 6.62. The quantitative estimate of drug-likeness (QED) is 0.303. The number of ether oxygens (including phenoxy) is 1. The molecule has 1 aliphatic heterocycles. The minimum atomic E-state index is -0.437. The lowest BCUT2D eigenvalue weighted by atomic mass is 10.00. The Balaban J connectivity index is 1.63. The zero-order valence-electron chi connectivity index (χ0n) is 20.5. The molecule has 3 heterocycles. The van der Waals surface area contributed by atoms with E-state index in [-0.39, 0.29) is 6.01 Å². The Morgan fingerprint density at radius 2 is 1.97 bits per heavy atom. The van der Waals surface area contributed by atoms with Crippen LogP contribution in [0, 0.1) is 5.82 Å². The van der Waals surface area contributed by atoms with Gasteiger partial charge in [-0.15, -0.1) is 0 Å². The van der Waals surface area contributed by atoms with Crippen molar-refractivity contribution < 1.29 is 9.13 Å². The number of fused-ring (bicyclic) bond motifs is 1. The number of nitrogens with one attached hydrogen (secondary N) is 1. The third-order valence-electron chi connectivity index (χ3n) is 6.26. The zero-order chi connectivity index (χ0) is 25.9. The first-order valence-electron chi connectivity index (χ1n) is 11.9. The van der Waals surface area contributed by atoms with Crippen LogP contribution in [0.15, 0.2) is 78.5 Å². The highest BCUT2D eigenvalue weighted by molar-refractivity contribution is 6.33. The molecule has 1 aliphatic rings. The third-order valence-corrected chi connectivity index (χ3v) is 6.57. The number of benzene rings is 2. The van der Waals surface area contributed by atoms with Crippen LogP contribution in [0.1, 0.15) is 20.3 Å². The highest BCUT2D eigenvalue weighted by atomic mass is 35.5. The van der Waals surface area contributed by atoms with E-state index in [4.69, 9.17) is 22.1 Å². The third kappa shape index (κ3) is 4.98. The van der Waals surface area contributed by atoms with Crippen molar-refractivity contribution in [1.29, 1.82) is 0 Å². The Hall–Kier alpha value is -4.01. The number of anilines is 2. The van der Waals surface area contributed by atoms with E-state index in [0.717, 1.165) is 42.0 Å². The predicted molar refractivity (Wildman–Crippen MR) is 146 cm³/mol. The number of nitrogens with two attached hydrogens (primary N) is 1. The molecule has 0 aliphatic carbocycles. The molecule has 0 saturated carbocycles. The molecule has 37 heavy (non-hydrogen) atoms. The number of halogens is 2. The maximum Gasteiger partial charge on any atom is 0.321 e. The first-order valence-corrected chi connectivity index (χ1v) is 12.3. The van der Waals surface area contributed by atoms with Gasteiger partial charge in [-0.25, -0.2) is 14.4 Å². The van der Waals surface area contributed by atoms with E-state index in [9.17, 15) is 0 Å². The largest absolute Gasteiger partial charge is 0.424 e. The number of hydrogen-bond donors (Lipinski definition) is 2. The van der Waals surface area contributed by atoms with Crippen molar-refractivity contribution in [2.24, 2.45) is 0 Å². The molecule has 7 nitrogen and oxygen atoms in total. The van der Waals surface area contributed by atoms with Crippen molar-refractivity contribution in [3.63, 3.8) is 0 Å². The monoisotopic (exact) mass is 516 g/mol. The van der Waals surface area contributed by atoms with Gasteiger partial charge in [-0.2, -0.15) is 0 Å². The lowest BCUT2D eigenvalue weighted by Crippen LogP contribution is -2.30. The molecule has 188 valence electrons. The molecule has 9 heteroatoms. The van der Waals surface area contributed by atoms with Gasteiger partial charge in [0, 0.05) is 71.9 Å². The van der Waals surface area contributed by atoms with E-state index >= 15 is 4.39 Å². The predicted octanol–water partition coefficient (Wildman–Crippen LogP) is 6.47. The summed E-state index contributed by atoms with van der Waals surface area (Å²) in [6, 6.07) is 10.1. The van der Waals surface area contributed by atoms with Crippen LogP contribution in [-0.4, -0.2) is 28.0 Å². The molecular weight excluding hydrogens is 491 g/mol. The fourth-order valence-electron chi connectivity index (χ4n) is 4.38. The van der Waals surface area contributed by atoms with Crippen molar-refractivity contribution in [2.45, 2.75) is 20.3 Å². The number of nitrogens with zero attached hydrogens (tertiary/aromatic N) is 4. The van der Waals surface area contributed by atoms with Crippen LogP contribution in [0.2, 0.25) is 5.02 Å². The number of hydrogen-bond acceptors (Lipinski definition) is 7. The van der Waals surface area contributed by atoms with Crippen molar-refractivity contribution in [2.75, 3.05) is 23.7 Å². The number of pyridine rings is 1. The van der Waals surface area contributed by atoms with Gasteiger partial charge in [0.25, 0.3) is 0 Å². The van der Waals surface area contributed by atoms with Crippen molar-refractivity contribution in [3.05, 3.63) is 89.4 Å². The molecule has 0 saturated heterocycles. The Morgan fingerprint density at radius 1 is 1.16 bits per heavy atom. The summed E-state index contributed by atoms with van der Waals surface area (Å²) in [4.78, 5) is 14.7. The second-order valence-electron chi connectivity index (χ2n) is 8.60. The molecule has 0 unspecified atom stereocenters. The summed E-state index contributed by atoms with van der Waals surface area (Å²) in [7, 11) is 0. The van der Waals surface area contributed by atoms with Crippen molar-refractivity contribution in [3.8, 4) is 22.9 Å². The first kappa shape index (κ1) is 24.7. The van der Waals surface area contributed by atoms with Gasteiger partial charge in [0.2, 0.25) is 0 Å². The van der Waals surface area contributed by atoms with Gasteiger partial charge in [-0.05, 0) is 38.1 Å². The molecule has 0 radical (unpaired) electrons. The minimum absolute atomic E-state index is 0.195. The molecular formula is C28H26ClFN6O. The van der Waals surface area contributed by atoms with Gasteiger partial charge in [-0.1, -0.05) is 23.8 Å². The Kier molecular flexibility index (Phi) is 7.03. The normalized spacial score (nSPS) is 13.9. The lowest BCUT2D eigenvalue weighted by Gasteiger charge is -2.32. The number of nitrogen functional groups attached to an aromatic ring is 1. The van der Waals surface area contributed by atoms with Gasteiger partial charge in [0.15, 0.2) is 0 Å². The highest BCUT2D eigenvalue weighted by Gasteiger charge is 2.23. The topological polar surface area (TPSA) is 89.2 Å². The average Bonchev–Trinajstić information content (AvgIpc) is 2.91. The van der Waals surface area contributed by atoms with Crippen LogP contribution in [0.5, 0.6) is 11.8 Å². The standard InChI is InChI=1S/C28H26ClFN6O/c1-3-17(2)36(18-7-11-32-12-8-18)27-22-14-21(24(30)15-26(22)35-16-25(27)31)20-6-5-19(13-23(20)29)37-28-33-9-4-10-34-28/h3-7,9-10,13-16,32H,8,11-12,31H2,1-2H3/b17-3+. The van der Waals surface area contributed by atoms with Crippen LogP contribution in [0.4, 0.5) is 15.8 Å². The Bertz CT molecular complexity index is 1520. The Labute approximate surface area is 219 Å². The first-order chi connectivity index (χ1) is 18.0. The van der Waals surface area contributed by atoms with Crippen LogP contribution >= 0.6 is 11.6 Å². The Morgan fingerprint density at radius 3 is 2.68 bits per heavy atom. The lowest BCUT2D eigenvalue weighted by molar-refractivity contribution is 0.442. The molecule has 4 aromatic rings. The average molecular weight is 517 g/mol. The summed E-state index contributed by atoms with van der Waals surface area (Å²) in [5, 5.41) is 4.40. The van der Waals surface area contributed by atoms with E-state index in [0.29, 0.717) is 33.1 Å². The molecule has 3 N–H and O–H groups in total. The van der Waals surface area contributed by atoms with E-state index in [1.807, 2.05) is 19.9 Å².